The number of likely N-dealkylation sites (N-methyl/N-ethyl adjacent to an activating group) is 1. The highest BCUT2D eigenvalue weighted by Crippen LogP contribution is 2.33. The highest BCUT2D eigenvalue weighted by Gasteiger charge is 2.39. The van der Waals surface area contributed by atoms with Crippen LogP contribution in [0.25, 0.3) is 10.4 Å². The second kappa shape index (κ2) is 3.45. The first-order valence-corrected chi connectivity index (χ1v) is 4.03. The molecule has 0 radical (unpaired) electrons. The molecule has 0 atom stereocenters. The standard InChI is InChI=1S/C7H12N4O/c1-9-6(12)7(10-11-8)4-2-3-5-7/h2-5H2,1H3,(H,9,12). The first-order valence-electron chi connectivity index (χ1n) is 4.03. The molecule has 66 valence electrons. The highest BCUT2D eigenvalue weighted by atomic mass is 16.2. The number of hydrogen-bond donors (Lipinski definition) is 1. The van der Waals surface area contributed by atoms with Crippen LogP contribution >= 0.6 is 0 Å². The molecule has 0 bridgehead atoms. The van der Waals surface area contributed by atoms with Crippen LogP contribution in [-0.2, 0) is 4.79 Å². The third kappa shape index (κ3) is 1.36. The van der Waals surface area contributed by atoms with E-state index in [1.54, 1.807) is 7.05 Å². The average Bonchev–Trinajstić information content (AvgIpc) is 2.53. The Balaban J connectivity index is 2.85. The molecule has 1 saturated carbocycles. The summed E-state index contributed by atoms with van der Waals surface area (Å²) in [7, 11) is 1.56. The fraction of sp³-hybridized carbons (Fsp3) is 0.857. The van der Waals surface area contributed by atoms with Gasteiger partial charge < -0.3 is 5.32 Å². The maximum Gasteiger partial charge on any atom is 0.231 e. The van der Waals surface area contributed by atoms with Gasteiger partial charge in [0.05, 0.1) is 0 Å². The molecule has 0 heterocycles. The van der Waals surface area contributed by atoms with E-state index in [1.807, 2.05) is 0 Å². The molecular weight excluding hydrogens is 156 g/mol. The van der Waals surface area contributed by atoms with Gasteiger partial charge in [0.1, 0.15) is 5.54 Å². The highest BCUT2D eigenvalue weighted by molar-refractivity contribution is 5.86. The molecule has 0 aliphatic heterocycles. The molecule has 1 N–H and O–H groups in total. The number of carbonyl (C=O) groups is 1. The van der Waals surface area contributed by atoms with E-state index >= 15 is 0 Å². The summed E-state index contributed by atoms with van der Waals surface area (Å²) in [6.07, 6.45) is 3.28. The normalized spacial score (nSPS) is 19.8. The third-order valence-corrected chi connectivity index (χ3v) is 2.32. The van der Waals surface area contributed by atoms with E-state index in [1.165, 1.54) is 0 Å². The number of amides is 1. The van der Waals surface area contributed by atoms with E-state index in [2.05, 4.69) is 15.3 Å². The number of carbonyl (C=O) groups excluding carboxylic acids is 1. The molecule has 0 aromatic carbocycles. The van der Waals surface area contributed by atoms with E-state index in [9.17, 15) is 4.79 Å². The van der Waals surface area contributed by atoms with Gasteiger partial charge in [0.25, 0.3) is 0 Å². The second-order valence-electron chi connectivity index (χ2n) is 3.01. The largest absolute Gasteiger partial charge is 0.359 e. The summed E-state index contributed by atoms with van der Waals surface area (Å²) < 4.78 is 0. The Morgan fingerprint density at radius 2 is 2.17 bits per heavy atom. The summed E-state index contributed by atoms with van der Waals surface area (Å²) in [6.45, 7) is 0. The average molecular weight is 168 g/mol. The van der Waals surface area contributed by atoms with E-state index in [0.717, 1.165) is 12.8 Å². The van der Waals surface area contributed by atoms with E-state index in [-0.39, 0.29) is 5.91 Å². The van der Waals surface area contributed by atoms with Gasteiger partial charge in [-0.1, -0.05) is 18.0 Å². The lowest BCUT2D eigenvalue weighted by Gasteiger charge is -2.19. The molecule has 5 nitrogen and oxygen atoms in total. The Bertz CT molecular complexity index is 226. The molecule has 1 amide bonds. The zero-order valence-electron chi connectivity index (χ0n) is 7.08. The van der Waals surface area contributed by atoms with E-state index in [0.29, 0.717) is 12.8 Å². The van der Waals surface area contributed by atoms with Crippen molar-refractivity contribution in [1.82, 2.24) is 5.32 Å². The number of nitrogens with one attached hydrogen (secondary N) is 1. The van der Waals surface area contributed by atoms with Crippen LogP contribution in [0.4, 0.5) is 0 Å². The van der Waals surface area contributed by atoms with E-state index in [4.69, 9.17) is 5.53 Å². The van der Waals surface area contributed by atoms with Gasteiger partial charge in [-0.15, -0.1) is 0 Å². The van der Waals surface area contributed by atoms with Gasteiger partial charge in [0.2, 0.25) is 5.91 Å². The summed E-state index contributed by atoms with van der Waals surface area (Å²) in [5, 5.41) is 6.12. The van der Waals surface area contributed by atoms with Crippen molar-refractivity contribution >= 4 is 5.91 Å². The summed E-state index contributed by atoms with van der Waals surface area (Å²) in [4.78, 5) is 14.1. The topological polar surface area (TPSA) is 77.9 Å². The van der Waals surface area contributed by atoms with Crippen molar-refractivity contribution in [3.8, 4) is 0 Å². The molecule has 12 heavy (non-hydrogen) atoms. The fourth-order valence-corrected chi connectivity index (χ4v) is 1.65. The molecule has 0 aromatic heterocycles. The van der Waals surface area contributed by atoms with Gasteiger partial charge in [-0.2, -0.15) is 0 Å². The second-order valence-corrected chi connectivity index (χ2v) is 3.01. The quantitative estimate of drug-likeness (QED) is 0.377. The predicted molar refractivity (Wildman–Crippen MR) is 44.4 cm³/mol. The molecule has 0 spiro atoms. The van der Waals surface area contributed by atoms with Gasteiger partial charge in [0, 0.05) is 12.0 Å². The van der Waals surface area contributed by atoms with Crippen LogP contribution in [0.15, 0.2) is 5.11 Å². The minimum atomic E-state index is -0.788. The Labute approximate surface area is 70.8 Å². The van der Waals surface area contributed by atoms with E-state index < -0.39 is 5.54 Å². The van der Waals surface area contributed by atoms with Crippen LogP contribution in [0.1, 0.15) is 25.7 Å². The molecule has 1 aliphatic carbocycles. The first kappa shape index (κ1) is 8.87. The summed E-state index contributed by atoms with van der Waals surface area (Å²) in [5.41, 5.74) is 7.53. The molecule has 0 unspecified atom stereocenters. The van der Waals surface area contributed by atoms with Crippen molar-refractivity contribution < 1.29 is 4.79 Å². The van der Waals surface area contributed by atoms with Crippen molar-refractivity contribution in [2.24, 2.45) is 5.11 Å². The van der Waals surface area contributed by atoms with Crippen LogP contribution in [0.3, 0.4) is 0 Å². The van der Waals surface area contributed by atoms with Gasteiger partial charge >= 0.3 is 0 Å². The molecular formula is C7H12N4O. The van der Waals surface area contributed by atoms with Crippen LogP contribution < -0.4 is 5.32 Å². The Morgan fingerprint density at radius 3 is 2.58 bits per heavy atom. The van der Waals surface area contributed by atoms with Gasteiger partial charge in [0.15, 0.2) is 0 Å². The number of rotatable bonds is 2. The number of hydrogen-bond acceptors (Lipinski definition) is 2. The van der Waals surface area contributed by atoms with Crippen molar-refractivity contribution in [1.29, 1.82) is 0 Å². The summed E-state index contributed by atoms with van der Waals surface area (Å²) in [5.74, 6) is -0.155. The minimum absolute atomic E-state index is 0.155. The summed E-state index contributed by atoms with van der Waals surface area (Å²) in [6, 6.07) is 0. The Kier molecular flexibility index (Phi) is 2.55. The van der Waals surface area contributed by atoms with Crippen molar-refractivity contribution in [2.75, 3.05) is 7.05 Å². The third-order valence-electron chi connectivity index (χ3n) is 2.32. The molecule has 5 heteroatoms. The van der Waals surface area contributed by atoms with Gasteiger partial charge in [-0.3, -0.25) is 4.79 Å². The Morgan fingerprint density at radius 1 is 1.58 bits per heavy atom. The molecule has 0 saturated heterocycles. The smallest absolute Gasteiger partial charge is 0.231 e. The van der Waals surface area contributed by atoms with Gasteiger partial charge in [-0.05, 0) is 18.4 Å². The number of azide groups is 1. The predicted octanol–water partition coefficient (Wildman–Crippen LogP) is 1.36. The van der Waals surface area contributed by atoms with Crippen molar-refractivity contribution in [3.05, 3.63) is 10.4 Å². The minimum Gasteiger partial charge on any atom is -0.359 e. The maximum atomic E-state index is 11.4. The molecule has 1 aliphatic rings. The van der Waals surface area contributed by atoms with Gasteiger partial charge in [-0.25, -0.2) is 0 Å². The molecule has 1 fully saturated rings. The van der Waals surface area contributed by atoms with Crippen LogP contribution in [0.2, 0.25) is 0 Å². The maximum absolute atomic E-state index is 11.4. The van der Waals surface area contributed by atoms with Crippen LogP contribution in [-0.4, -0.2) is 18.5 Å². The molecule has 1 rings (SSSR count). The monoisotopic (exact) mass is 168 g/mol. The Hall–Kier alpha value is -1.22. The lowest BCUT2D eigenvalue weighted by Crippen LogP contribution is -2.41. The lowest BCUT2D eigenvalue weighted by atomic mass is 9.98. The fourth-order valence-electron chi connectivity index (χ4n) is 1.65. The summed E-state index contributed by atoms with van der Waals surface area (Å²) >= 11 is 0. The van der Waals surface area contributed by atoms with Crippen LogP contribution in [0, 0.1) is 0 Å². The van der Waals surface area contributed by atoms with Crippen LogP contribution in [0.5, 0.6) is 0 Å². The SMILES string of the molecule is CNC(=O)C1(N=[N+]=[N-])CCCC1. The lowest BCUT2D eigenvalue weighted by molar-refractivity contribution is -0.125. The van der Waals surface area contributed by atoms with Crippen molar-refractivity contribution in [2.45, 2.75) is 31.2 Å². The molecule has 0 aromatic rings. The zero-order chi connectivity index (χ0) is 9.03. The number of nitrogens with zero attached hydrogens (tertiary/aromatic N) is 3. The first-order chi connectivity index (χ1) is 5.75. The zero-order valence-corrected chi connectivity index (χ0v) is 7.08. The van der Waals surface area contributed by atoms with Crippen molar-refractivity contribution in [3.63, 3.8) is 0 Å².